The van der Waals surface area contributed by atoms with Crippen molar-refractivity contribution in [2.75, 3.05) is 39.5 Å². The molecule has 3 rings (SSSR count). The van der Waals surface area contributed by atoms with Gasteiger partial charge in [-0.25, -0.2) is 0 Å². The molecule has 0 bridgehead atoms. The number of benzene rings is 2. The molecule has 5 heteroatoms. The highest BCUT2D eigenvalue weighted by Crippen LogP contribution is 2.21. The highest BCUT2D eigenvalue weighted by atomic mass is 16.5. The van der Waals surface area contributed by atoms with Gasteiger partial charge in [-0.15, -0.1) is 0 Å². The molecule has 1 heterocycles. The Morgan fingerprint density at radius 2 is 1.66 bits per heavy atom. The van der Waals surface area contributed by atoms with Crippen LogP contribution in [0.25, 0.3) is 0 Å². The first kappa shape index (κ1) is 21.6. The van der Waals surface area contributed by atoms with E-state index < -0.39 is 0 Å². The number of rotatable bonds is 10. The van der Waals surface area contributed by atoms with E-state index in [1.54, 1.807) is 0 Å². The van der Waals surface area contributed by atoms with E-state index in [1.807, 2.05) is 32.0 Å². The fourth-order valence-electron chi connectivity index (χ4n) is 3.98. The first-order valence-corrected chi connectivity index (χ1v) is 10.7. The third kappa shape index (κ3) is 6.46. The van der Waals surface area contributed by atoms with Crippen molar-refractivity contribution in [2.45, 2.75) is 39.4 Å². The molecular weight excluding hydrogens is 364 g/mol. The molecule has 1 saturated heterocycles. The molecule has 0 radical (unpaired) electrons. The standard InChI is InChI=1S/C24H34N2O3/c1-3-28-23-10-8-20(9-11-23)18-26-14-13-25(19-22(26)12-15-27)17-21-6-5-7-24(16-21)29-4-2/h5-11,16,22,27H,3-4,12-15,17-19H2,1-2H3/t22-/m1/s1. The van der Waals surface area contributed by atoms with Crippen molar-refractivity contribution in [1.29, 1.82) is 0 Å². The maximum atomic E-state index is 9.59. The summed E-state index contributed by atoms with van der Waals surface area (Å²) < 4.78 is 11.2. The monoisotopic (exact) mass is 398 g/mol. The zero-order valence-corrected chi connectivity index (χ0v) is 17.7. The molecule has 1 N–H and O–H groups in total. The summed E-state index contributed by atoms with van der Waals surface area (Å²) in [6.45, 7) is 10.4. The van der Waals surface area contributed by atoms with E-state index >= 15 is 0 Å². The molecule has 0 unspecified atom stereocenters. The second-order valence-electron chi connectivity index (χ2n) is 7.53. The van der Waals surface area contributed by atoms with Crippen LogP contribution in [0.5, 0.6) is 11.5 Å². The van der Waals surface area contributed by atoms with Crippen molar-refractivity contribution >= 4 is 0 Å². The Morgan fingerprint density at radius 3 is 2.38 bits per heavy atom. The van der Waals surface area contributed by atoms with Crippen LogP contribution in [0.1, 0.15) is 31.4 Å². The van der Waals surface area contributed by atoms with Gasteiger partial charge >= 0.3 is 0 Å². The van der Waals surface area contributed by atoms with Crippen LogP contribution < -0.4 is 9.47 Å². The number of ether oxygens (including phenoxy) is 2. The SMILES string of the molecule is CCOc1ccc(CN2CCN(Cc3cccc(OCC)c3)C[C@H]2CCO)cc1. The summed E-state index contributed by atoms with van der Waals surface area (Å²) in [6.07, 6.45) is 0.798. The van der Waals surface area contributed by atoms with E-state index in [-0.39, 0.29) is 6.61 Å². The Hall–Kier alpha value is -2.08. The number of piperazine rings is 1. The summed E-state index contributed by atoms with van der Waals surface area (Å²) in [7, 11) is 0. The van der Waals surface area contributed by atoms with E-state index in [9.17, 15) is 5.11 Å². The highest BCUT2D eigenvalue weighted by Gasteiger charge is 2.26. The lowest BCUT2D eigenvalue weighted by atomic mass is 10.1. The second-order valence-corrected chi connectivity index (χ2v) is 7.53. The van der Waals surface area contributed by atoms with Gasteiger partial charge in [-0.3, -0.25) is 9.80 Å². The second kappa shape index (κ2) is 11.2. The Morgan fingerprint density at radius 1 is 0.897 bits per heavy atom. The van der Waals surface area contributed by atoms with E-state index in [0.717, 1.165) is 50.6 Å². The van der Waals surface area contributed by atoms with Crippen LogP contribution in [0, 0.1) is 0 Å². The highest BCUT2D eigenvalue weighted by molar-refractivity contribution is 5.29. The summed E-state index contributed by atoms with van der Waals surface area (Å²) in [5.41, 5.74) is 2.56. The molecule has 0 saturated carbocycles. The Kier molecular flexibility index (Phi) is 8.35. The molecule has 29 heavy (non-hydrogen) atoms. The van der Waals surface area contributed by atoms with E-state index in [4.69, 9.17) is 9.47 Å². The van der Waals surface area contributed by atoms with Crippen molar-refractivity contribution in [1.82, 2.24) is 9.80 Å². The molecule has 0 aromatic heterocycles. The topological polar surface area (TPSA) is 45.2 Å². The van der Waals surface area contributed by atoms with E-state index in [2.05, 4.69) is 40.1 Å². The predicted molar refractivity (Wildman–Crippen MR) is 116 cm³/mol. The third-order valence-corrected chi connectivity index (χ3v) is 5.39. The number of aliphatic hydroxyl groups is 1. The van der Waals surface area contributed by atoms with Gasteiger partial charge in [0.25, 0.3) is 0 Å². The lowest BCUT2D eigenvalue weighted by Crippen LogP contribution is -2.52. The Labute approximate surface area is 174 Å². The van der Waals surface area contributed by atoms with Crippen LogP contribution in [-0.4, -0.2) is 60.4 Å². The molecule has 0 amide bonds. The van der Waals surface area contributed by atoms with Gasteiger partial charge in [-0.1, -0.05) is 24.3 Å². The number of nitrogens with zero attached hydrogens (tertiary/aromatic N) is 2. The Bertz CT molecular complexity index is 735. The maximum absolute atomic E-state index is 9.59. The van der Waals surface area contributed by atoms with Crippen LogP contribution in [0.4, 0.5) is 0 Å². The molecule has 1 atom stereocenters. The fraction of sp³-hybridized carbons (Fsp3) is 0.500. The zero-order valence-electron chi connectivity index (χ0n) is 17.7. The van der Waals surface area contributed by atoms with Gasteiger partial charge in [-0.2, -0.15) is 0 Å². The van der Waals surface area contributed by atoms with E-state index in [1.165, 1.54) is 11.1 Å². The summed E-state index contributed by atoms with van der Waals surface area (Å²) in [4.78, 5) is 4.99. The normalized spacial score (nSPS) is 18.0. The molecule has 5 nitrogen and oxygen atoms in total. The minimum atomic E-state index is 0.220. The lowest BCUT2D eigenvalue weighted by molar-refractivity contribution is 0.0499. The summed E-state index contributed by atoms with van der Waals surface area (Å²) >= 11 is 0. The third-order valence-electron chi connectivity index (χ3n) is 5.39. The summed E-state index contributed by atoms with van der Waals surface area (Å²) in [5, 5.41) is 9.59. The van der Waals surface area contributed by atoms with Gasteiger partial charge in [0, 0.05) is 45.4 Å². The summed E-state index contributed by atoms with van der Waals surface area (Å²) in [5.74, 6) is 1.85. The maximum Gasteiger partial charge on any atom is 0.119 e. The molecule has 2 aromatic rings. The molecule has 0 aliphatic carbocycles. The van der Waals surface area contributed by atoms with Gasteiger partial charge < -0.3 is 14.6 Å². The molecule has 1 aliphatic rings. The van der Waals surface area contributed by atoms with Gasteiger partial charge in [0.1, 0.15) is 11.5 Å². The molecule has 1 aliphatic heterocycles. The van der Waals surface area contributed by atoms with Crippen LogP contribution in [0.2, 0.25) is 0 Å². The minimum Gasteiger partial charge on any atom is -0.494 e. The van der Waals surface area contributed by atoms with Gasteiger partial charge in [0.15, 0.2) is 0 Å². The smallest absolute Gasteiger partial charge is 0.119 e. The first-order chi connectivity index (χ1) is 14.2. The average molecular weight is 399 g/mol. The molecule has 1 fully saturated rings. The van der Waals surface area contributed by atoms with Crippen molar-refractivity contribution in [3.05, 3.63) is 59.7 Å². The Balaban J connectivity index is 1.59. The zero-order chi connectivity index (χ0) is 20.5. The van der Waals surface area contributed by atoms with Crippen LogP contribution >= 0.6 is 0 Å². The lowest BCUT2D eigenvalue weighted by Gasteiger charge is -2.41. The quantitative estimate of drug-likeness (QED) is 0.663. The number of aliphatic hydroxyl groups excluding tert-OH is 1. The average Bonchev–Trinajstić information content (AvgIpc) is 2.72. The van der Waals surface area contributed by atoms with Gasteiger partial charge in [0.2, 0.25) is 0 Å². The summed E-state index contributed by atoms with van der Waals surface area (Å²) in [6, 6.07) is 17.1. The molecule has 2 aromatic carbocycles. The molecule has 158 valence electrons. The van der Waals surface area contributed by atoms with Crippen molar-refractivity contribution in [3.63, 3.8) is 0 Å². The van der Waals surface area contributed by atoms with Crippen molar-refractivity contribution < 1.29 is 14.6 Å². The predicted octanol–water partition coefficient (Wildman–Crippen LogP) is 3.55. The van der Waals surface area contributed by atoms with Crippen molar-refractivity contribution in [2.24, 2.45) is 0 Å². The fourth-order valence-corrected chi connectivity index (χ4v) is 3.98. The number of hydrogen-bond acceptors (Lipinski definition) is 5. The molecular formula is C24H34N2O3. The molecule has 0 spiro atoms. The first-order valence-electron chi connectivity index (χ1n) is 10.7. The number of hydrogen-bond donors (Lipinski definition) is 1. The van der Waals surface area contributed by atoms with Gasteiger partial charge in [0.05, 0.1) is 13.2 Å². The van der Waals surface area contributed by atoms with Crippen LogP contribution in [-0.2, 0) is 13.1 Å². The van der Waals surface area contributed by atoms with E-state index in [0.29, 0.717) is 19.3 Å². The van der Waals surface area contributed by atoms with Gasteiger partial charge in [-0.05, 0) is 55.7 Å². The largest absolute Gasteiger partial charge is 0.494 e. The van der Waals surface area contributed by atoms with Crippen LogP contribution in [0.15, 0.2) is 48.5 Å². The van der Waals surface area contributed by atoms with Crippen LogP contribution in [0.3, 0.4) is 0 Å². The minimum absolute atomic E-state index is 0.220. The van der Waals surface area contributed by atoms with Crippen molar-refractivity contribution in [3.8, 4) is 11.5 Å².